The topological polar surface area (TPSA) is 77.2 Å². The number of nitrogens with zero attached hydrogens (tertiary/aromatic N) is 1. The van der Waals surface area contributed by atoms with E-state index in [1.165, 1.54) is 0 Å². The Kier molecular flexibility index (Phi) is 4.90. The van der Waals surface area contributed by atoms with Gasteiger partial charge in [0.1, 0.15) is 5.75 Å². The fourth-order valence-electron chi connectivity index (χ4n) is 1.75. The van der Waals surface area contributed by atoms with E-state index in [0.717, 1.165) is 16.9 Å². The Balaban J connectivity index is 1.93. The van der Waals surface area contributed by atoms with E-state index in [1.54, 1.807) is 19.2 Å². The van der Waals surface area contributed by atoms with Crippen LogP contribution in [0.25, 0.3) is 0 Å². The third kappa shape index (κ3) is 4.29. The minimum Gasteiger partial charge on any atom is -0.479 e. The molecule has 21 heavy (non-hydrogen) atoms. The zero-order valence-corrected chi connectivity index (χ0v) is 12.2. The molecular formula is C16H19N3O2. The molecule has 0 saturated heterocycles. The van der Waals surface area contributed by atoms with E-state index < -0.39 is 6.10 Å². The molecular weight excluding hydrogens is 266 g/mol. The first kappa shape index (κ1) is 15.0. The Labute approximate surface area is 124 Å². The number of nitrogens with one attached hydrogen (secondary N) is 1. The molecule has 0 aliphatic rings. The van der Waals surface area contributed by atoms with Crippen molar-refractivity contribution in [3.63, 3.8) is 0 Å². The third-order valence-corrected chi connectivity index (χ3v) is 3.02. The zero-order valence-electron chi connectivity index (χ0n) is 12.2. The van der Waals surface area contributed by atoms with Gasteiger partial charge in [-0.05, 0) is 43.7 Å². The number of hydrogen-bond acceptors (Lipinski definition) is 4. The van der Waals surface area contributed by atoms with Crippen molar-refractivity contribution >= 4 is 11.6 Å². The summed E-state index contributed by atoms with van der Waals surface area (Å²) in [4.78, 5) is 16.2. The molecule has 3 N–H and O–H groups in total. The van der Waals surface area contributed by atoms with Crippen LogP contribution in [0.1, 0.15) is 18.2 Å². The predicted molar refractivity (Wildman–Crippen MR) is 82.0 cm³/mol. The number of carbonyl (C=O) groups is 1. The molecule has 0 spiro atoms. The van der Waals surface area contributed by atoms with Crippen LogP contribution in [0, 0.1) is 6.92 Å². The number of carbonyl (C=O) groups excluding carboxylic acids is 1. The van der Waals surface area contributed by atoms with Gasteiger partial charge in [0.2, 0.25) is 0 Å². The van der Waals surface area contributed by atoms with Crippen LogP contribution in [0.2, 0.25) is 0 Å². The van der Waals surface area contributed by atoms with Crippen molar-refractivity contribution in [3.05, 3.63) is 53.9 Å². The lowest BCUT2D eigenvalue weighted by Crippen LogP contribution is -2.30. The van der Waals surface area contributed by atoms with Crippen molar-refractivity contribution in [3.8, 4) is 5.75 Å². The fourth-order valence-corrected chi connectivity index (χ4v) is 1.75. The Morgan fingerprint density at radius 2 is 2.00 bits per heavy atom. The highest BCUT2D eigenvalue weighted by atomic mass is 16.5. The van der Waals surface area contributed by atoms with Gasteiger partial charge < -0.3 is 15.8 Å². The summed E-state index contributed by atoms with van der Waals surface area (Å²) in [6, 6.07) is 11.0. The normalized spacial score (nSPS) is 11.8. The molecule has 110 valence electrons. The standard InChI is InChI=1S/C16H19N3O2/c1-11-3-8-15(10-18-11)21-12(2)16(20)19-14-6-4-13(9-17)5-7-14/h3-8,10,12H,9,17H2,1-2H3,(H,19,20). The molecule has 0 aliphatic carbocycles. The van der Waals surface area contributed by atoms with E-state index in [-0.39, 0.29) is 5.91 Å². The maximum atomic E-state index is 12.1. The molecule has 1 unspecified atom stereocenters. The molecule has 0 bridgehead atoms. The van der Waals surface area contributed by atoms with Crippen molar-refractivity contribution in [1.29, 1.82) is 0 Å². The number of benzene rings is 1. The van der Waals surface area contributed by atoms with Crippen LogP contribution in [0.15, 0.2) is 42.6 Å². The molecule has 1 atom stereocenters. The lowest BCUT2D eigenvalue weighted by Gasteiger charge is -2.14. The zero-order chi connectivity index (χ0) is 15.2. The van der Waals surface area contributed by atoms with Gasteiger partial charge in [-0.15, -0.1) is 0 Å². The monoisotopic (exact) mass is 285 g/mol. The van der Waals surface area contributed by atoms with Gasteiger partial charge >= 0.3 is 0 Å². The second-order valence-corrected chi connectivity index (χ2v) is 4.79. The quantitative estimate of drug-likeness (QED) is 0.883. The first-order chi connectivity index (χ1) is 10.1. The number of ether oxygens (including phenoxy) is 1. The van der Waals surface area contributed by atoms with Crippen LogP contribution in [0.5, 0.6) is 5.75 Å². The van der Waals surface area contributed by atoms with Gasteiger partial charge in [-0.2, -0.15) is 0 Å². The highest BCUT2D eigenvalue weighted by molar-refractivity contribution is 5.94. The minimum absolute atomic E-state index is 0.212. The molecule has 0 saturated carbocycles. The number of hydrogen-bond donors (Lipinski definition) is 2. The van der Waals surface area contributed by atoms with E-state index in [2.05, 4.69) is 10.3 Å². The van der Waals surface area contributed by atoms with Crippen LogP contribution in [0.3, 0.4) is 0 Å². The predicted octanol–water partition coefficient (Wildman–Crippen LogP) is 2.25. The minimum atomic E-state index is -0.608. The van der Waals surface area contributed by atoms with Crippen molar-refractivity contribution < 1.29 is 9.53 Å². The molecule has 1 amide bonds. The van der Waals surface area contributed by atoms with Gasteiger partial charge in [0.25, 0.3) is 5.91 Å². The van der Waals surface area contributed by atoms with Gasteiger partial charge in [-0.3, -0.25) is 9.78 Å². The lowest BCUT2D eigenvalue weighted by atomic mass is 10.2. The van der Waals surface area contributed by atoms with Gasteiger partial charge in [0.15, 0.2) is 6.10 Å². The Morgan fingerprint density at radius 1 is 1.29 bits per heavy atom. The van der Waals surface area contributed by atoms with Gasteiger partial charge in [-0.1, -0.05) is 12.1 Å². The lowest BCUT2D eigenvalue weighted by molar-refractivity contribution is -0.122. The van der Waals surface area contributed by atoms with Gasteiger partial charge in [0.05, 0.1) is 6.20 Å². The highest BCUT2D eigenvalue weighted by Crippen LogP contribution is 2.13. The SMILES string of the molecule is Cc1ccc(OC(C)C(=O)Nc2ccc(CN)cc2)cn1. The van der Waals surface area contributed by atoms with E-state index in [4.69, 9.17) is 10.5 Å². The number of rotatable bonds is 5. The molecule has 5 nitrogen and oxygen atoms in total. The van der Waals surface area contributed by atoms with Crippen LogP contribution in [-0.2, 0) is 11.3 Å². The number of nitrogens with two attached hydrogens (primary N) is 1. The second kappa shape index (κ2) is 6.85. The maximum absolute atomic E-state index is 12.1. The summed E-state index contributed by atoms with van der Waals surface area (Å²) in [6.07, 6.45) is 0.999. The van der Waals surface area contributed by atoms with Crippen LogP contribution in [0.4, 0.5) is 5.69 Å². The molecule has 2 aromatic rings. The number of aromatic nitrogens is 1. The molecule has 5 heteroatoms. The second-order valence-electron chi connectivity index (χ2n) is 4.79. The summed E-state index contributed by atoms with van der Waals surface area (Å²) in [5.41, 5.74) is 8.17. The van der Waals surface area contributed by atoms with Crippen LogP contribution < -0.4 is 15.8 Å². The first-order valence-electron chi connectivity index (χ1n) is 6.77. The van der Waals surface area contributed by atoms with E-state index in [1.807, 2.05) is 37.3 Å². The molecule has 1 aromatic carbocycles. The first-order valence-corrected chi connectivity index (χ1v) is 6.77. The Bertz CT molecular complexity index is 594. The molecule has 2 rings (SSSR count). The fraction of sp³-hybridized carbons (Fsp3) is 0.250. The number of amides is 1. The number of aryl methyl sites for hydroxylation is 1. The smallest absolute Gasteiger partial charge is 0.265 e. The van der Waals surface area contributed by atoms with Crippen molar-refractivity contribution in [2.75, 3.05) is 5.32 Å². The molecule has 0 aliphatic heterocycles. The van der Waals surface area contributed by atoms with E-state index in [0.29, 0.717) is 12.3 Å². The highest BCUT2D eigenvalue weighted by Gasteiger charge is 2.14. The molecule has 1 aromatic heterocycles. The summed E-state index contributed by atoms with van der Waals surface area (Å²) in [5.74, 6) is 0.359. The summed E-state index contributed by atoms with van der Waals surface area (Å²) in [7, 11) is 0. The Morgan fingerprint density at radius 3 is 2.57 bits per heavy atom. The summed E-state index contributed by atoms with van der Waals surface area (Å²) < 4.78 is 5.55. The van der Waals surface area contributed by atoms with E-state index >= 15 is 0 Å². The summed E-state index contributed by atoms with van der Waals surface area (Å²) in [5, 5.41) is 2.80. The van der Waals surface area contributed by atoms with Gasteiger partial charge in [-0.25, -0.2) is 0 Å². The largest absolute Gasteiger partial charge is 0.479 e. The van der Waals surface area contributed by atoms with E-state index in [9.17, 15) is 4.79 Å². The van der Waals surface area contributed by atoms with Crippen molar-refractivity contribution in [2.24, 2.45) is 5.73 Å². The van der Waals surface area contributed by atoms with Crippen LogP contribution in [-0.4, -0.2) is 17.0 Å². The average Bonchev–Trinajstić information content (AvgIpc) is 2.50. The van der Waals surface area contributed by atoms with Gasteiger partial charge in [0, 0.05) is 17.9 Å². The molecule has 1 heterocycles. The number of pyridine rings is 1. The average molecular weight is 285 g/mol. The maximum Gasteiger partial charge on any atom is 0.265 e. The molecule has 0 fully saturated rings. The van der Waals surface area contributed by atoms with Crippen molar-refractivity contribution in [2.45, 2.75) is 26.5 Å². The third-order valence-electron chi connectivity index (χ3n) is 3.02. The number of anilines is 1. The van der Waals surface area contributed by atoms with Crippen LogP contribution >= 0.6 is 0 Å². The van der Waals surface area contributed by atoms with Crippen molar-refractivity contribution in [1.82, 2.24) is 4.98 Å². The summed E-state index contributed by atoms with van der Waals surface area (Å²) >= 11 is 0. The molecule has 0 radical (unpaired) electrons. The summed E-state index contributed by atoms with van der Waals surface area (Å²) in [6.45, 7) is 4.07. The Hall–Kier alpha value is -2.40.